The average molecular weight is 675 g/mol. The smallest absolute Gasteiger partial charge is 0.302 e. The number of hydrogen-bond donors (Lipinski definition) is 4. The molecule has 11 heteroatoms. The van der Waals surface area contributed by atoms with Crippen molar-refractivity contribution < 1.29 is 53.6 Å². The molecule has 0 amide bonds. The number of esters is 1. The lowest BCUT2D eigenvalue weighted by Crippen LogP contribution is -2.61. The molecular formula is C37H54O11. The van der Waals surface area contributed by atoms with E-state index in [2.05, 4.69) is 40.7 Å². The van der Waals surface area contributed by atoms with E-state index in [1.807, 2.05) is 6.92 Å². The SMILES string of the molecule is CC(=O)O[C@@H]1C[C@@]23C[C@@]24CC[C@H](O[C@@H]2OC[C@@H](O)[C@@H](O)C2O)C(C)(C)[C@@H]4CC=C3[C@]2(C)CC3OC4(C[C@@H](C)[C@@H]3[C@@]12C)OC(O)C1(C)OC41. The van der Waals surface area contributed by atoms with E-state index in [1.165, 1.54) is 12.5 Å². The van der Waals surface area contributed by atoms with Gasteiger partial charge in [0, 0.05) is 29.6 Å². The van der Waals surface area contributed by atoms with Crippen LogP contribution in [0.2, 0.25) is 0 Å². The maximum Gasteiger partial charge on any atom is 0.302 e. The molecule has 5 aliphatic carbocycles. The number of rotatable bonds is 3. The molecule has 0 aromatic rings. The molecule has 9 aliphatic rings. The van der Waals surface area contributed by atoms with Crippen molar-refractivity contribution in [1.82, 2.24) is 0 Å². The normalized spacial score (nSPS) is 61.6. The monoisotopic (exact) mass is 674 g/mol. The second-order valence-corrected chi connectivity index (χ2v) is 18.5. The quantitative estimate of drug-likeness (QED) is 0.198. The van der Waals surface area contributed by atoms with Crippen molar-refractivity contribution in [2.24, 2.45) is 44.8 Å². The van der Waals surface area contributed by atoms with Gasteiger partial charge in [-0.05, 0) is 74.0 Å². The van der Waals surface area contributed by atoms with E-state index < -0.39 is 42.3 Å². The van der Waals surface area contributed by atoms with Gasteiger partial charge in [0.15, 0.2) is 12.6 Å². The Hall–Kier alpha value is -1.15. The van der Waals surface area contributed by atoms with Crippen LogP contribution in [0.3, 0.4) is 0 Å². The second kappa shape index (κ2) is 9.63. The molecule has 0 radical (unpaired) electrons. The summed E-state index contributed by atoms with van der Waals surface area (Å²) in [6.07, 6.45) is 1.68. The zero-order chi connectivity index (χ0) is 34.2. The van der Waals surface area contributed by atoms with E-state index >= 15 is 0 Å². The minimum atomic E-state index is -1.32. The number of ether oxygens (including phenoxy) is 6. The first-order valence-electron chi connectivity index (χ1n) is 18.3. The van der Waals surface area contributed by atoms with Crippen LogP contribution in [-0.2, 0) is 33.2 Å². The van der Waals surface area contributed by atoms with Crippen LogP contribution in [0.15, 0.2) is 11.6 Å². The van der Waals surface area contributed by atoms with Crippen molar-refractivity contribution in [2.75, 3.05) is 6.61 Å². The minimum absolute atomic E-state index is 0.0364. The second-order valence-electron chi connectivity index (χ2n) is 18.5. The maximum absolute atomic E-state index is 12.9. The lowest BCUT2D eigenvalue weighted by Gasteiger charge is -2.62. The Morgan fingerprint density at radius 3 is 2.38 bits per heavy atom. The zero-order valence-electron chi connectivity index (χ0n) is 29.3. The number of carbonyl (C=O) groups is 1. The molecule has 8 fully saturated rings. The molecule has 0 aromatic carbocycles. The summed E-state index contributed by atoms with van der Waals surface area (Å²) in [7, 11) is 0. The van der Waals surface area contributed by atoms with Gasteiger partial charge in [0.25, 0.3) is 0 Å². The predicted octanol–water partition coefficient (Wildman–Crippen LogP) is 2.95. The molecule has 4 saturated carbocycles. The van der Waals surface area contributed by atoms with Gasteiger partial charge in [0.1, 0.15) is 36.1 Å². The first-order valence-corrected chi connectivity index (χ1v) is 18.3. The lowest BCUT2D eigenvalue weighted by molar-refractivity contribution is -0.345. The standard InChI is InChI=1S/C37H54O11/c1-17-12-37(29-34(7,47-29)30(42)48-37)46-20-13-32(5)22-9-8-21-31(3,4)23(45-28-27(41)26(40)19(39)15-43-28)10-11-35(21)16-36(22,35)14-24(44-18(2)38)33(32,6)25(17)20/h9,17,19-21,23-30,39-42H,8,10-16H2,1-7H3/t17-,19-,20?,21+,23+,24-,25+,26-,27?,28+,29?,30?,32+,33-,34?,35-,36+,37?/m1/s1. The van der Waals surface area contributed by atoms with Crippen molar-refractivity contribution >= 4 is 5.97 Å². The van der Waals surface area contributed by atoms with Gasteiger partial charge in [0.2, 0.25) is 5.79 Å². The molecule has 4 N–H and O–H groups in total. The third kappa shape index (κ3) is 3.69. The van der Waals surface area contributed by atoms with E-state index in [9.17, 15) is 25.2 Å². The third-order valence-electron chi connectivity index (χ3n) is 16.1. The topological polar surface area (TPSA) is 157 Å². The Kier molecular flexibility index (Phi) is 6.57. The summed E-state index contributed by atoms with van der Waals surface area (Å²) in [5.74, 6) is -0.600. The van der Waals surface area contributed by atoms with Crippen molar-refractivity contribution in [3.63, 3.8) is 0 Å². The van der Waals surface area contributed by atoms with E-state index in [-0.39, 0.29) is 75.9 Å². The highest BCUT2D eigenvalue weighted by Crippen LogP contribution is 2.88. The van der Waals surface area contributed by atoms with Crippen molar-refractivity contribution in [3.05, 3.63) is 11.6 Å². The molecule has 18 atom stereocenters. The van der Waals surface area contributed by atoms with Crippen molar-refractivity contribution in [3.8, 4) is 0 Å². The number of epoxide rings is 1. The number of aliphatic hydroxyl groups excluding tert-OH is 4. The Morgan fingerprint density at radius 2 is 1.71 bits per heavy atom. The first-order chi connectivity index (χ1) is 22.4. The molecule has 11 nitrogen and oxygen atoms in total. The number of hydrogen-bond acceptors (Lipinski definition) is 11. The maximum atomic E-state index is 12.9. The van der Waals surface area contributed by atoms with Gasteiger partial charge in [0.05, 0.1) is 18.8 Å². The Labute approximate surface area is 282 Å². The molecule has 9 rings (SSSR count). The fourth-order valence-corrected chi connectivity index (χ4v) is 13.8. The summed E-state index contributed by atoms with van der Waals surface area (Å²) >= 11 is 0. The fourth-order valence-electron chi connectivity index (χ4n) is 13.8. The summed E-state index contributed by atoms with van der Waals surface area (Å²) in [6, 6.07) is 0. The summed E-state index contributed by atoms with van der Waals surface area (Å²) in [6.45, 7) is 14.9. The van der Waals surface area contributed by atoms with E-state index in [0.29, 0.717) is 12.3 Å². The minimum Gasteiger partial charge on any atom is -0.462 e. The van der Waals surface area contributed by atoms with Gasteiger partial charge in [-0.1, -0.05) is 46.3 Å². The largest absolute Gasteiger partial charge is 0.462 e. The summed E-state index contributed by atoms with van der Waals surface area (Å²) in [5.41, 5.74) is -0.191. The van der Waals surface area contributed by atoms with Crippen LogP contribution in [0.25, 0.3) is 0 Å². The summed E-state index contributed by atoms with van der Waals surface area (Å²) < 4.78 is 37.8. The molecule has 268 valence electrons. The van der Waals surface area contributed by atoms with Gasteiger partial charge in [-0.25, -0.2) is 0 Å². The molecule has 48 heavy (non-hydrogen) atoms. The Morgan fingerprint density at radius 1 is 0.958 bits per heavy atom. The van der Waals surface area contributed by atoms with Crippen LogP contribution in [0.4, 0.5) is 0 Å². The van der Waals surface area contributed by atoms with Crippen LogP contribution >= 0.6 is 0 Å². The van der Waals surface area contributed by atoms with E-state index in [1.54, 1.807) is 0 Å². The molecule has 0 aromatic heterocycles. The van der Waals surface area contributed by atoms with Crippen LogP contribution in [0, 0.1) is 44.8 Å². The summed E-state index contributed by atoms with van der Waals surface area (Å²) in [4.78, 5) is 12.9. The average Bonchev–Trinajstić information content (AvgIpc) is 3.84. The van der Waals surface area contributed by atoms with Crippen molar-refractivity contribution in [2.45, 2.75) is 160 Å². The molecule has 4 heterocycles. The number of fused-ring (bicyclic) bond motifs is 6. The third-order valence-corrected chi connectivity index (χ3v) is 16.1. The number of aliphatic hydroxyl groups is 4. The molecule has 4 aliphatic heterocycles. The lowest BCUT2D eigenvalue weighted by atomic mass is 9.44. The zero-order valence-corrected chi connectivity index (χ0v) is 29.3. The highest BCUT2D eigenvalue weighted by molar-refractivity contribution is 5.66. The van der Waals surface area contributed by atoms with E-state index in [4.69, 9.17) is 28.4 Å². The fraction of sp³-hybridized carbons (Fsp3) is 0.919. The number of carbonyl (C=O) groups excluding carboxylic acids is 1. The Bertz CT molecular complexity index is 1450. The number of allylic oxidation sites excluding steroid dienone is 2. The van der Waals surface area contributed by atoms with E-state index in [0.717, 1.165) is 38.5 Å². The van der Waals surface area contributed by atoms with Crippen LogP contribution in [0.5, 0.6) is 0 Å². The first kappa shape index (κ1) is 32.7. The highest BCUT2D eigenvalue weighted by atomic mass is 16.8. The van der Waals surface area contributed by atoms with Gasteiger partial charge >= 0.3 is 5.97 Å². The van der Waals surface area contributed by atoms with Gasteiger partial charge in [-0.3, -0.25) is 4.79 Å². The molecule has 0 bridgehead atoms. The van der Waals surface area contributed by atoms with Crippen LogP contribution in [0.1, 0.15) is 93.4 Å². The molecule has 3 spiro atoms. The predicted molar refractivity (Wildman–Crippen MR) is 168 cm³/mol. The van der Waals surface area contributed by atoms with Crippen molar-refractivity contribution in [1.29, 1.82) is 0 Å². The van der Waals surface area contributed by atoms with Gasteiger partial charge < -0.3 is 48.8 Å². The highest BCUT2D eigenvalue weighted by Gasteiger charge is 2.85. The van der Waals surface area contributed by atoms with Gasteiger partial charge in [-0.2, -0.15) is 0 Å². The molecule has 6 unspecified atom stereocenters. The molecule has 4 saturated heterocycles. The van der Waals surface area contributed by atoms with Gasteiger partial charge in [-0.15, -0.1) is 0 Å². The summed E-state index contributed by atoms with van der Waals surface area (Å²) in [5, 5.41) is 41.7. The Balaban J connectivity index is 1.06. The van der Waals surface area contributed by atoms with Crippen LogP contribution in [-0.4, -0.2) is 99.7 Å². The van der Waals surface area contributed by atoms with Crippen LogP contribution < -0.4 is 0 Å². The molecular weight excluding hydrogens is 620 g/mol.